The Labute approximate surface area is 183 Å². The van der Waals surface area contributed by atoms with E-state index in [1.54, 1.807) is 18.4 Å². The summed E-state index contributed by atoms with van der Waals surface area (Å²) in [5.74, 6) is 2.05. The lowest BCUT2D eigenvalue weighted by Gasteiger charge is -2.17. The lowest BCUT2D eigenvalue weighted by Crippen LogP contribution is -2.14. The smallest absolute Gasteiger partial charge is 0.212 e. The summed E-state index contributed by atoms with van der Waals surface area (Å²) in [6.07, 6.45) is 9.60. The average molecular weight is 423 g/mol. The number of ether oxygens (including phenoxy) is 1. The third-order valence-electron chi connectivity index (χ3n) is 5.71. The molecule has 0 radical (unpaired) electrons. The van der Waals surface area contributed by atoms with Crippen LogP contribution in [-0.2, 0) is 19.3 Å². The maximum atomic E-state index is 5.17. The molecule has 0 aliphatic carbocycles. The van der Waals surface area contributed by atoms with E-state index in [1.807, 2.05) is 12.3 Å². The molecule has 0 spiro atoms. The molecular formula is C24H30N4OS. The molecule has 5 nitrogen and oxygen atoms in total. The van der Waals surface area contributed by atoms with Crippen LogP contribution in [0, 0.1) is 0 Å². The van der Waals surface area contributed by atoms with Gasteiger partial charge in [0, 0.05) is 35.8 Å². The largest absolute Gasteiger partial charge is 0.481 e. The van der Waals surface area contributed by atoms with Gasteiger partial charge in [-0.05, 0) is 62.1 Å². The van der Waals surface area contributed by atoms with Crippen LogP contribution in [0.2, 0.25) is 0 Å². The molecule has 1 aliphatic rings. The Morgan fingerprint density at radius 1 is 1.10 bits per heavy atom. The van der Waals surface area contributed by atoms with Crippen LogP contribution in [0.4, 0.5) is 5.82 Å². The molecule has 0 aromatic carbocycles. The Hall–Kier alpha value is -2.47. The lowest BCUT2D eigenvalue weighted by atomic mass is 9.99. The lowest BCUT2D eigenvalue weighted by molar-refractivity contribution is 0.397. The number of thiazole rings is 1. The molecule has 3 aromatic rings. The second-order valence-electron chi connectivity index (χ2n) is 7.82. The van der Waals surface area contributed by atoms with E-state index in [2.05, 4.69) is 40.8 Å². The standard InChI is InChI=1S/C24H30N4OS/c1-3-21(18-11-13-22(29-2)26-15-18)24-28-20(16-30-24)9-5-4-8-19-12-10-17-7-6-14-25-23(17)27-19/h10-13,15-16,21H,3-9,14H2,1-2H3,(H,25,27). The Kier molecular flexibility index (Phi) is 6.95. The number of methoxy groups -OCH3 is 1. The molecule has 0 fully saturated rings. The van der Waals surface area contributed by atoms with E-state index in [9.17, 15) is 0 Å². The zero-order chi connectivity index (χ0) is 20.8. The predicted octanol–water partition coefficient (Wildman–Crippen LogP) is 5.41. The molecule has 4 rings (SSSR count). The molecule has 1 aliphatic heterocycles. The van der Waals surface area contributed by atoms with Gasteiger partial charge in [0.15, 0.2) is 0 Å². The summed E-state index contributed by atoms with van der Waals surface area (Å²) in [7, 11) is 1.64. The maximum absolute atomic E-state index is 5.17. The molecule has 30 heavy (non-hydrogen) atoms. The number of pyridine rings is 2. The molecule has 1 unspecified atom stereocenters. The van der Waals surface area contributed by atoms with Crippen molar-refractivity contribution in [3.63, 3.8) is 0 Å². The Morgan fingerprint density at radius 3 is 2.73 bits per heavy atom. The number of fused-ring (bicyclic) bond motifs is 1. The Balaban J connectivity index is 1.29. The summed E-state index contributed by atoms with van der Waals surface area (Å²) in [4.78, 5) is 14.1. The Bertz CT molecular complexity index is 954. The zero-order valence-electron chi connectivity index (χ0n) is 17.9. The van der Waals surface area contributed by atoms with Crippen LogP contribution in [0.1, 0.15) is 66.0 Å². The first-order chi connectivity index (χ1) is 14.8. The number of nitrogens with one attached hydrogen (secondary N) is 1. The number of anilines is 1. The highest BCUT2D eigenvalue weighted by molar-refractivity contribution is 7.09. The van der Waals surface area contributed by atoms with Crippen molar-refractivity contribution in [3.8, 4) is 5.88 Å². The summed E-state index contributed by atoms with van der Waals surface area (Å²) in [5, 5.41) is 6.83. The topological polar surface area (TPSA) is 59.9 Å². The fraction of sp³-hybridized carbons (Fsp3) is 0.458. The second-order valence-corrected chi connectivity index (χ2v) is 8.71. The van der Waals surface area contributed by atoms with Crippen LogP contribution in [0.5, 0.6) is 5.88 Å². The summed E-state index contributed by atoms with van der Waals surface area (Å²) in [5.41, 5.74) is 4.96. The van der Waals surface area contributed by atoms with Gasteiger partial charge in [0.2, 0.25) is 5.88 Å². The number of unbranched alkanes of at least 4 members (excludes halogenated alkanes) is 1. The molecule has 0 saturated heterocycles. The van der Waals surface area contributed by atoms with E-state index >= 15 is 0 Å². The van der Waals surface area contributed by atoms with Crippen LogP contribution in [-0.4, -0.2) is 28.6 Å². The first-order valence-electron chi connectivity index (χ1n) is 10.9. The quantitative estimate of drug-likeness (QED) is 0.467. The van der Waals surface area contributed by atoms with Gasteiger partial charge >= 0.3 is 0 Å². The minimum absolute atomic E-state index is 0.300. The number of aryl methyl sites for hydroxylation is 3. The van der Waals surface area contributed by atoms with Gasteiger partial charge in [-0.3, -0.25) is 0 Å². The summed E-state index contributed by atoms with van der Waals surface area (Å²) < 4.78 is 5.17. The molecule has 0 bridgehead atoms. The van der Waals surface area contributed by atoms with Gasteiger partial charge in [0.05, 0.1) is 12.8 Å². The normalized spacial score (nSPS) is 14.1. The Morgan fingerprint density at radius 2 is 1.97 bits per heavy atom. The van der Waals surface area contributed by atoms with Crippen molar-refractivity contribution in [2.24, 2.45) is 0 Å². The van der Waals surface area contributed by atoms with E-state index in [0.717, 1.165) is 50.9 Å². The summed E-state index contributed by atoms with van der Waals surface area (Å²) >= 11 is 1.77. The van der Waals surface area contributed by atoms with Crippen molar-refractivity contribution in [2.45, 2.75) is 57.8 Å². The SMILES string of the molecule is CCC(c1ccc(OC)nc1)c1nc(CCCCc2ccc3c(n2)NCCC3)cs1. The number of hydrogen-bond acceptors (Lipinski definition) is 6. The number of aromatic nitrogens is 3. The van der Waals surface area contributed by atoms with Gasteiger partial charge in [-0.1, -0.05) is 19.1 Å². The molecule has 1 N–H and O–H groups in total. The molecule has 3 aromatic heterocycles. The summed E-state index contributed by atoms with van der Waals surface area (Å²) in [6, 6.07) is 8.47. The van der Waals surface area contributed by atoms with E-state index in [1.165, 1.54) is 33.9 Å². The van der Waals surface area contributed by atoms with E-state index in [4.69, 9.17) is 14.7 Å². The molecular weight excluding hydrogens is 392 g/mol. The van der Waals surface area contributed by atoms with Crippen LogP contribution in [0.15, 0.2) is 35.8 Å². The fourth-order valence-electron chi connectivity index (χ4n) is 3.99. The van der Waals surface area contributed by atoms with Gasteiger partial charge in [0.25, 0.3) is 0 Å². The van der Waals surface area contributed by atoms with Crippen LogP contribution in [0.25, 0.3) is 0 Å². The van der Waals surface area contributed by atoms with Crippen molar-refractivity contribution in [1.29, 1.82) is 0 Å². The molecule has 158 valence electrons. The number of nitrogens with zero attached hydrogens (tertiary/aromatic N) is 3. The number of rotatable bonds is 9. The second kappa shape index (κ2) is 10.0. The van der Waals surface area contributed by atoms with Gasteiger partial charge in [0.1, 0.15) is 10.8 Å². The average Bonchev–Trinajstić information content (AvgIpc) is 3.26. The molecule has 0 saturated carbocycles. The highest BCUT2D eigenvalue weighted by Gasteiger charge is 2.17. The number of hydrogen-bond donors (Lipinski definition) is 1. The maximum Gasteiger partial charge on any atom is 0.212 e. The van der Waals surface area contributed by atoms with E-state index < -0.39 is 0 Å². The third kappa shape index (κ3) is 4.98. The minimum atomic E-state index is 0.300. The minimum Gasteiger partial charge on any atom is -0.481 e. The van der Waals surface area contributed by atoms with Crippen molar-refractivity contribution in [2.75, 3.05) is 19.0 Å². The van der Waals surface area contributed by atoms with Crippen molar-refractivity contribution in [3.05, 3.63) is 63.4 Å². The molecule has 1 atom stereocenters. The van der Waals surface area contributed by atoms with E-state index in [-0.39, 0.29) is 0 Å². The molecule has 0 amide bonds. The van der Waals surface area contributed by atoms with Crippen LogP contribution < -0.4 is 10.1 Å². The highest BCUT2D eigenvalue weighted by Crippen LogP contribution is 2.31. The predicted molar refractivity (Wildman–Crippen MR) is 123 cm³/mol. The fourth-order valence-corrected chi connectivity index (χ4v) is 5.05. The van der Waals surface area contributed by atoms with Crippen molar-refractivity contribution in [1.82, 2.24) is 15.0 Å². The van der Waals surface area contributed by atoms with Gasteiger partial charge in [-0.15, -0.1) is 11.3 Å². The van der Waals surface area contributed by atoms with E-state index in [0.29, 0.717) is 11.8 Å². The monoisotopic (exact) mass is 422 g/mol. The first kappa shape index (κ1) is 20.8. The van der Waals surface area contributed by atoms with Crippen molar-refractivity contribution < 1.29 is 4.74 Å². The zero-order valence-corrected chi connectivity index (χ0v) is 18.7. The first-order valence-corrected chi connectivity index (χ1v) is 11.8. The van der Waals surface area contributed by atoms with Crippen LogP contribution >= 0.6 is 11.3 Å². The van der Waals surface area contributed by atoms with Gasteiger partial charge < -0.3 is 10.1 Å². The van der Waals surface area contributed by atoms with Gasteiger partial charge in [-0.2, -0.15) is 0 Å². The summed E-state index contributed by atoms with van der Waals surface area (Å²) in [6.45, 7) is 3.25. The molecule has 6 heteroatoms. The highest BCUT2D eigenvalue weighted by atomic mass is 32.1. The molecule has 4 heterocycles. The van der Waals surface area contributed by atoms with Crippen LogP contribution in [0.3, 0.4) is 0 Å². The van der Waals surface area contributed by atoms with Gasteiger partial charge in [-0.25, -0.2) is 15.0 Å². The van der Waals surface area contributed by atoms with Crippen molar-refractivity contribution >= 4 is 17.2 Å². The third-order valence-corrected chi connectivity index (χ3v) is 6.72.